The molecule has 0 aliphatic carbocycles. The second kappa shape index (κ2) is 11.0. The van der Waals surface area contributed by atoms with E-state index in [4.69, 9.17) is 4.74 Å². The predicted molar refractivity (Wildman–Crippen MR) is 152 cm³/mol. The van der Waals surface area contributed by atoms with E-state index in [0.717, 1.165) is 50.0 Å². The topological polar surface area (TPSA) is 100 Å². The van der Waals surface area contributed by atoms with Gasteiger partial charge in [0.15, 0.2) is 0 Å². The zero-order valence-electron chi connectivity index (χ0n) is 23.2. The number of hydrogen-bond acceptors (Lipinski definition) is 7. The summed E-state index contributed by atoms with van der Waals surface area (Å²) in [7, 11) is -5.50. The molecule has 0 radical (unpaired) electrons. The van der Waals surface area contributed by atoms with Crippen molar-refractivity contribution in [3.05, 3.63) is 47.8 Å². The third-order valence-corrected chi connectivity index (χ3v) is 12.8. The van der Waals surface area contributed by atoms with Crippen molar-refractivity contribution in [3.63, 3.8) is 0 Å². The molecule has 2 atom stereocenters. The first-order chi connectivity index (χ1) is 18.5. The van der Waals surface area contributed by atoms with Crippen LogP contribution in [0.3, 0.4) is 0 Å². The largest absolute Gasteiger partial charge is 0.496 e. The van der Waals surface area contributed by atoms with Crippen molar-refractivity contribution in [1.29, 1.82) is 0 Å². The number of ether oxygens (including phenoxy) is 1. The quantitative estimate of drug-likeness (QED) is 0.450. The molecule has 4 heterocycles. The summed E-state index contributed by atoms with van der Waals surface area (Å²) >= 11 is 0. The van der Waals surface area contributed by atoms with E-state index in [9.17, 15) is 16.8 Å². The normalized spacial score (nSPS) is 24.7. The van der Waals surface area contributed by atoms with E-state index in [0.29, 0.717) is 48.7 Å². The summed E-state index contributed by atoms with van der Waals surface area (Å²) in [6.07, 6.45) is 7.99. The van der Waals surface area contributed by atoms with Crippen LogP contribution in [0.2, 0.25) is 0 Å². The second-order valence-electron chi connectivity index (χ2n) is 11.4. The van der Waals surface area contributed by atoms with E-state index in [2.05, 4.69) is 9.88 Å². The van der Waals surface area contributed by atoms with Crippen molar-refractivity contribution >= 4 is 25.7 Å². The second-order valence-corrected chi connectivity index (χ2v) is 15.4. The van der Waals surface area contributed by atoms with Crippen LogP contribution in [-0.4, -0.2) is 82.1 Å². The van der Waals surface area contributed by atoms with Gasteiger partial charge in [0, 0.05) is 62.3 Å². The molecule has 1 spiro atoms. The van der Waals surface area contributed by atoms with Gasteiger partial charge >= 0.3 is 0 Å². The summed E-state index contributed by atoms with van der Waals surface area (Å²) in [5.41, 5.74) is 2.57. The lowest BCUT2D eigenvalue weighted by Crippen LogP contribution is -2.37. The summed E-state index contributed by atoms with van der Waals surface area (Å²) in [6, 6.07) is 7.29. The number of anilines is 1. The number of methoxy groups -OCH3 is 1. The molecule has 1 unspecified atom stereocenters. The molecule has 1 aromatic heterocycles. The highest BCUT2D eigenvalue weighted by Crippen LogP contribution is 2.42. The molecular formula is C28H40N4O5S2. The number of aromatic nitrogens is 1. The fourth-order valence-electron chi connectivity index (χ4n) is 6.61. The highest BCUT2D eigenvalue weighted by molar-refractivity contribution is 7.89. The van der Waals surface area contributed by atoms with Gasteiger partial charge in [0.2, 0.25) is 20.0 Å². The van der Waals surface area contributed by atoms with Crippen LogP contribution in [0.15, 0.2) is 41.6 Å². The average molecular weight is 577 g/mol. The molecule has 11 heteroatoms. The Bertz CT molecular complexity index is 1400. The Morgan fingerprint density at radius 2 is 1.74 bits per heavy atom. The average Bonchev–Trinajstić information content (AvgIpc) is 3.67. The van der Waals surface area contributed by atoms with Gasteiger partial charge in [-0.15, -0.1) is 0 Å². The highest BCUT2D eigenvalue weighted by Gasteiger charge is 2.46. The van der Waals surface area contributed by atoms with Crippen LogP contribution in [0, 0.1) is 19.3 Å². The third-order valence-electron chi connectivity index (χ3n) is 8.80. The van der Waals surface area contributed by atoms with Crippen LogP contribution in [0.1, 0.15) is 49.7 Å². The van der Waals surface area contributed by atoms with E-state index < -0.39 is 20.0 Å². The van der Waals surface area contributed by atoms with Crippen LogP contribution in [0.25, 0.3) is 0 Å². The van der Waals surface area contributed by atoms with E-state index in [1.54, 1.807) is 47.2 Å². The van der Waals surface area contributed by atoms with Crippen molar-refractivity contribution in [2.24, 2.45) is 5.41 Å². The number of aryl methyl sites for hydroxylation is 2. The molecule has 39 heavy (non-hydrogen) atoms. The van der Waals surface area contributed by atoms with Crippen LogP contribution < -0.4 is 9.64 Å². The van der Waals surface area contributed by atoms with Crippen molar-refractivity contribution in [2.45, 2.75) is 63.3 Å². The Hall–Kier alpha value is -2.21. The predicted octanol–water partition coefficient (Wildman–Crippen LogP) is 3.57. The first kappa shape index (κ1) is 28.3. The zero-order chi connectivity index (χ0) is 27.8. The molecule has 3 saturated heterocycles. The van der Waals surface area contributed by atoms with Crippen LogP contribution >= 0.6 is 0 Å². The van der Waals surface area contributed by atoms with Crippen LogP contribution in [0.4, 0.5) is 5.69 Å². The SMILES string of the molecule is COc1cc(C)c(S(=O)(=O)N2CCC[C@H]2CCCS(=O)(=O)N2CCC3(CCN(c4ccncc4)C3)C2)cc1C. The molecule has 3 aliphatic rings. The lowest BCUT2D eigenvalue weighted by atomic mass is 9.86. The third kappa shape index (κ3) is 5.68. The van der Waals surface area contributed by atoms with Gasteiger partial charge in [-0.1, -0.05) is 0 Å². The number of benzene rings is 1. The van der Waals surface area contributed by atoms with Gasteiger partial charge in [0.1, 0.15) is 5.75 Å². The Morgan fingerprint density at radius 3 is 2.49 bits per heavy atom. The minimum atomic E-state index is -3.68. The Kier molecular flexibility index (Phi) is 7.98. The summed E-state index contributed by atoms with van der Waals surface area (Å²) in [6.45, 7) is 7.01. The number of hydrogen-bond donors (Lipinski definition) is 0. The molecule has 0 N–H and O–H groups in total. The summed E-state index contributed by atoms with van der Waals surface area (Å²) in [4.78, 5) is 6.74. The van der Waals surface area contributed by atoms with Crippen molar-refractivity contribution < 1.29 is 21.6 Å². The van der Waals surface area contributed by atoms with Crippen molar-refractivity contribution in [1.82, 2.24) is 13.6 Å². The molecule has 2 aromatic rings. The number of pyridine rings is 1. The number of nitrogens with zero attached hydrogens (tertiary/aromatic N) is 4. The highest BCUT2D eigenvalue weighted by atomic mass is 32.2. The Labute approximate surface area is 233 Å². The lowest BCUT2D eigenvalue weighted by molar-refractivity contribution is 0.340. The van der Waals surface area contributed by atoms with Gasteiger partial charge in [-0.05, 0) is 87.8 Å². The summed E-state index contributed by atoms with van der Waals surface area (Å²) < 4.78 is 62.4. The maximum Gasteiger partial charge on any atom is 0.243 e. The van der Waals surface area contributed by atoms with E-state index in [1.807, 2.05) is 19.1 Å². The molecule has 214 valence electrons. The van der Waals surface area contributed by atoms with Gasteiger partial charge in [0.05, 0.1) is 17.8 Å². The lowest BCUT2D eigenvalue weighted by Gasteiger charge is -2.26. The fraction of sp³-hybridized carbons (Fsp3) is 0.607. The minimum absolute atomic E-state index is 0.00102. The molecule has 0 saturated carbocycles. The van der Waals surface area contributed by atoms with Gasteiger partial charge in [-0.2, -0.15) is 4.31 Å². The maximum absolute atomic E-state index is 13.6. The number of sulfonamides is 2. The summed E-state index contributed by atoms with van der Waals surface area (Å²) in [5, 5.41) is 0. The van der Waals surface area contributed by atoms with E-state index >= 15 is 0 Å². The van der Waals surface area contributed by atoms with Crippen molar-refractivity contribution in [3.8, 4) is 5.75 Å². The van der Waals surface area contributed by atoms with Gasteiger partial charge in [0.25, 0.3) is 0 Å². The Balaban J connectivity index is 1.18. The van der Waals surface area contributed by atoms with Gasteiger partial charge in [-0.3, -0.25) is 4.98 Å². The standard InChI is InChI=1S/C28H40N4O5S2/c1-22-19-27(23(2)18-26(22)37-3)39(35,36)32-14-4-6-25(32)7-5-17-38(33,34)31-16-11-28(21-31)10-15-30(20-28)24-8-12-29-13-9-24/h8-9,12-13,18-19,25H,4-7,10-11,14-17,20-21H2,1-3H3/t25-,28?/m0/s1. The maximum atomic E-state index is 13.6. The van der Waals surface area contributed by atoms with Crippen LogP contribution in [0.5, 0.6) is 5.75 Å². The molecule has 5 rings (SSSR count). The molecular weight excluding hydrogens is 536 g/mol. The molecule has 0 bridgehead atoms. The van der Waals surface area contributed by atoms with E-state index in [-0.39, 0.29) is 17.2 Å². The Morgan fingerprint density at radius 1 is 1.00 bits per heavy atom. The molecule has 0 amide bonds. The fourth-order valence-corrected chi connectivity index (χ4v) is 10.3. The van der Waals surface area contributed by atoms with E-state index in [1.165, 1.54) is 0 Å². The first-order valence-corrected chi connectivity index (χ1v) is 16.9. The first-order valence-electron chi connectivity index (χ1n) is 13.8. The molecule has 9 nitrogen and oxygen atoms in total. The minimum Gasteiger partial charge on any atom is -0.496 e. The summed E-state index contributed by atoms with van der Waals surface area (Å²) in [5.74, 6) is 0.725. The zero-order valence-corrected chi connectivity index (χ0v) is 24.8. The van der Waals surface area contributed by atoms with Gasteiger partial charge < -0.3 is 9.64 Å². The molecule has 1 aromatic carbocycles. The number of rotatable bonds is 9. The monoisotopic (exact) mass is 576 g/mol. The van der Waals surface area contributed by atoms with Crippen LogP contribution in [-0.2, 0) is 20.0 Å². The molecule has 3 aliphatic heterocycles. The molecule has 3 fully saturated rings. The smallest absolute Gasteiger partial charge is 0.243 e. The van der Waals surface area contributed by atoms with Crippen molar-refractivity contribution in [2.75, 3.05) is 50.5 Å². The van der Waals surface area contributed by atoms with Gasteiger partial charge in [-0.25, -0.2) is 21.1 Å².